The van der Waals surface area contributed by atoms with Gasteiger partial charge < -0.3 is 20.2 Å². The molecular weight excluding hydrogens is 258 g/mol. The van der Waals surface area contributed by atoms with Crippen molar-refractivity contribution in [1.29, 1.82) is 0 Å². The molecule has 0 radical (unpaired) electrons. The van der Waals surface area contributed by atoms with E-state index in [9.17, 15) is 14.7 Å². The van der Waals surface area contributed by atoms with Gasteiger partial charge in [0.2, 0.25) is 0 Å². The molecule has 0 aromatic carbocycles. The van der Waals surface area contributed by atoms with Crippen LogP contribution >= 0.6 is 0 Å². The predicted molar refractivity (Wildman–Crippen MR) is 75.6 cm³/mol. The highest BCUT2D eigenvalue weighted by Crippen LogP contribution is 2.18. The van der Waals surface area contributed by atoms with Gasteiger partial charge in [-0.15, -0.1) is 0 Å². The van der Waals surface area contributed by atoms with Crippen molar-refractivity contribution in [3.63, 3.8) is 0 Å². The van der Waals surface area contributed by atoms with E-state index >= 15 is 0 Å². The number of carboxylic acid groups (broad SMARTS) is 1. The van der Waals surface area contributed by atoms with Crippen molar-refractivity contribution in [3.05, 3.63) is 0 Å². The maximum absolute atomic E-state index is 12.2. The highest BCUT2D eigenvalue weighted by Gasteiger charge is 2.32. The average molecular weight is 283 g/mol. The number of piperidine rings is 2. The summed E-state index contributed by atoms with van der Waals surface area (Å²) in [5, 5.41) is 12.1. The van der Waals surface area contributed by atoms with E-state index in [1.54, 1.807) is 0 Å². The van der Waals surface area contributed by atoms with Gasteiger partial charge in [-0.3, -0.25) is 0 Å². The highest BCUT2D eigenvalue weighted by atomic mass is 16.4. The molecule has 2 aliphatic heterocycles. The summed E-state index contributed by atoms with van der Waals surface area (Å²) < 4.78 is 0. The largest absolute Gasteiger partial charge is 0.480 e. The van der Waals surface area contributed by atoms with Crippen LogP contribution in [0.1, 0.15) is 38.5 Å². The van der Waals surface area contributed by atoms with E-state index in [1.807, 2.05) is 0 Å². The number of carbonyl (C=O) groups excluding carboxylic acids is 1. The second-order valence-electron chi connectivity index (χ2n) is 5.86. The van der Waals surface area contributed by atoms with E-state index in [4.69, 9.17) is 0 Å². The van der Waals surface area contributed by atoms with Crippen LogP contribution in [-0.4, -0.2) is 65.7 Å². The number of likely N-dealkylation sites (N-methyl/N-ethyl adjacent to an activating group) is 1. The summed E-state index contributed by atoms with van der Waals surface area (Å²) in [4.78, 5) is 27.1. The van der Waals surface area contributed by atoms with Gasteiger partial charge >= 0.3 is 12.0 Å². The number of urea groups is 1. The van der Waals surface area contributed by atoms with Crippen LogP contribution in [0.2, 0.25) is 0 Å². The number of nitrogens with zero attached hydrogens (tertiary/aromatic N) is 2. The highest BCUT2D eigenvalue weighted by molar-refractivity contribution is 5.82. The molecule has 2 N–H and O–H groups in total. The lowest BCUT2D eigenvalue weighted by Crippen LogP contribution is -2.54. The molecule has 2 aliphatic rings. The third kappa shape index (κ3) is 3.62. The summed E-state index contributed by atoms with van der Waals surface area (Å²) in [7, 11) is 2.08. The Morgan fingerprint density at radius 3 is 2.55 bits per heavy atom. The zero-order valence-electron chi connectivity index (χ0n) is 12.2. The van der Waals surface area contributed by atoms with Crippen LogP contribution in [-0.2, 0) is 4.79 Å². The summed E-state index contributed by atoms with van der Waals surface area (Å²) in [6.45, 7) is 2.23. The van der Waals surface area contributed by atoms with Crippen molar-refractivity contribution in [2.75, 3.05) is 26.7 Å². The standard InChI is InChI=1S/C14H25N3O3/c1-16-8-4-2-6-11(16)10-15-14(20)17-9-5-3-7-12(17)13(18)19/h11-12H,2-10H2,1H3,(H,15,20)(H,18,19). The molecule has 2 fully saturated rings. The Bertz CT molecular complexity index is 362. The first kappa shape index (κ1) is 15.1. The smallest absolute Gasteiger partial charge is 0.326 e. The molecule has 20 heavy (non-hydrogen) atoms. The molecule has 6 nitrogen and oxygen atoms in total. The third-order valence-corrected chi connectivity index (χ3v) is 4.46. The SMILES string of the molecule is CN1CCCCC1CNC(=O)N1CCCCC1C(=O)O. The first-order valence-electron chi connectivity index (χ1n) is 7.57. The van der Waals surface area contributed by atoms with Gasteiger partial charge in [-0.2, -0.15) is 0 Å². The molecule has 0 aliphatic carbocycles. The normalized spacial score (nSPS) is 28.1. The Kier molecular flexibility index (Phi) is 5.23. The van der Waals surface area contributed by atoms with Gasteiger partial charge in [0, 0.05) is 19.1 Å². The van der Waals surface area contributed by atoms with Crippen molar-refractivity contribution in [3.8, 4) is 0 Å². The predicted octanol–water partition coefficient (Wildman–Crippen LogP) is 1.12. The zero-order valence-corrected chi connectivity index (χ0v) is 12.2. The molecule has 0 spiro atoms. The van der Waals surface area contributed by atoms with Crippen LogP contribution in [0, 0.1) is 0 Å². The monoisotopic (exact) mass is 283 g/mol. The van der Waals surface area contributed by atoms with Crippen LogP contribution in [0.3, 0.4) is 0 Å². The molecule has 2 atom stereocenters. The number of rotatable bonds is 3. The molecule has 0 aromatic heterocycles. The summed E-state index contributed by atoms with van der Waals surface area (Å²) >= 11 is 0. The van der Waals surface area contributed by atoms with E-state index in [0.29, 0.717) is 25.6 Å². The molecule has 2 amide bonds. The Morgan fingerprint density at radius 1 is 1.15 bits per heavy atom. The lowest BCUT2D eigenvalue weighted by molar-refractivity contribution is -0.143. The van der Waals surface area contributed by atoms with Crippen molar-refractivity contribution in [2.24, 2.45) is 0 Å². The number of carboxylic acids is 1. The average Bonchev–Trinajstić information content (AvgIpc) is 2.46. The van der Waals surface area contributed by atoms with Crippen molar-refractivity contribution >= 4 is 12.0 Å². The summed E-state index contributed by atoms with van der Waals surface area (Å²) in [5.74, 6) is -0.894. The maximum atomic E-state index is 12.2. The molecule has 2 rings (SSSR count). The fraction of sp³-hybridized carbons (Fsp3) is 0.857. The van der Waals surface area contributed by atoms with E-state index in [1.165, 1.54) is 17.7 Å². The number of nitrogens with one attached hydrogen (secondary N) is 1. The molecular formula is C14H25N3O3. The van der Waals surface area contributed by atoms with E-state index in [2.05, 4.69) is 17.3 Å². The van der Waals surface area contributed by atoms with Crippen LogP contribution in [0.25, 0.3) is 0 Å². The molecule has 114 valence electrons. The second kappa shape index (κ2) is 6.92. The minimum absolute atomic E-state index is 0.226. The van der Waals surface area contributed by atoms with Gasteiger partial charge in [0.05, 0.1) is 0 Å². The summed E-state index contributed by atoms with van der Waals surface area (Å²) in [5.41, 5.74) is 0. The van der Waals surface area contributed by atoms with Crippen LogP contribution < -0.4 is 5.32 Å². The number of amides is 2. The second-order valence-corrected chi connectivity index (χ2v) is 5.86. The molecule has 2 unspecified atom stereocenters. The maximum Gasteiger partial charge on any atom is 0.326 e. The topological polar surface area (TPSA) is 72.9 Å². The van der Waals surface area contributed by atoms with Crippen LogP contribution in [0.4, 0.5) is 4.79 Å². The fourth-order valence-electron chi connectivity index (χ4n) is 3.14. The van der Waals surface area contributed by atoms with Crippen LogP contribution in [0.5, 0.6) is 0 Å². The van der Waals surface area contributed by atoms with Gasteiger partial charge in [0.15, 0.2) is 0 Å². The molecule has 2 saturated heterocycles. The zero-order chi connectivity index (χ0) is 14.5. The Labute approximate surface area is 120 Å². The van der Waals surface area contributed by atoms with Crippen molar-refractivity contribution < 1.29 is 14.7 Å². The van der Waals surface area contributed by atoms with Crippen molar-refractivity contribution in [2.45, 2.75) is 50.6 Å². The fourth-order valence-corrected chi connectivity index (χ4v) is 3.14. The van der Waals surface area contributed by atoms with E-state index in [0.717, 1.165) is 25.8 Å². The number of hydrogen-bond acceptors (Lipinski definition) is 3. The minimum atomic E-state index is -0.894. The Balaban J connectivity index is 1.85. The minimum Gasteiger partial charge on any atom is -0.480 e. The van der Waals surface area contributed by atoms with Gasteiger partial charge in [-0.25, -0.2) is 9.59 Å². The van der Waals surface area contributed by atoms with Gasteiger partial charge in [0.1, 0.15) is 6.04 Å². The molecule has 2 heterocycles. The Morgan fingerprint density at radius 2 is 1.85 bits per heavy atom. The molecule has 0 bridgehead atoms. The van der Waals surface area contributed by atoms with Crippen LogP contribution in [0.15, 0.2) is 0 Å². The number of aliphatic carboxylic acids is 1. The lowest BCUT2D eigenvalue weighted by Gasteiger charge is -2.35. The number of carbonyl (C=O) groups is 2. The molecule has 0 aromatic rings. The summed E-state index contributed by atoms with van der Waals surface area (Å²) in [6.07, 6.45) is 5.85. The summed E-state index contributed by atoms with van der Waals surface area (Å²) in [6, 6.07) is -0.510. The van der Waals surface area contributed by atoms with E-state index in [-0.39, 0.29) is 6.03 Å². The first-order chi connectivity index (χ1) is 9.59. The first-order valence-corrected chi connectivity index (χ1v) is 7.57. The van der Waals surface area contributed by atoms with Gasteiger partial charge in [-0.05, 0) is 45.7 Å². The molecule has 6 heteroatoms. The number of likely N-dealkylation sites (tertiary alicyclic amines) is 2. The number of hydrogen-bond donors (Lipinski definition) is 2. The lowest BCUT2D eigenvalue weighted by atomic mass is 10.0. The quantitative estimate of drug-likeness (QED) is 0.814. The molecule has 0 saturated carbocycles. The Hall–Kier alpha value is -1.30. The third-order valence-electron chi connectivity index (χ3n) is 4.46. The van der Waals surface area contributed by atoms with Crippen molar-refractivity contribution in [1.82, 2.24) is 15.1 Å². The van der Waals surface area contributed by atoms with Gasteiger partial charge in [0.25, 0.3) is 0 Å². The van der Waals surface area contributed by atoms with Gasteiger partial charge in [-0.1, -0.05) is 6.42 Å². The van der Waals surface area contributed by atoms with E-state index < -0.39 is 12.0 Å².